The number of hydrogen-bond donors (Lipinski definition) is 0. The van der Waals surface area contributed by atoms with Crippen LogP contribution in [0.4, 0.5) is 17.6 Å². The van der Waals surface area contributed by atoms with Crippen molar-refractivity contribution in [2.45, 2.75) is 11.9 Å². The summed E-state index contributed by atoms with van der Waals surface area (Å²) in [7, 11) is 0. The lowest BCUT2D eigenvalue weighted by atomic mass is 10.2. The SMILES string of the molecule is Fc1ccc(F)c(COc2c(F)cc(CBr)cc2F)c1. The van der Waals surface area contributed by atoms with Crippen LogP contribution in [0.25, 0.3) is 0 Å². The van der Waals surface area contributed by atoms with Gasteiger partial charge in [0.15, 0.2) is 17.4 Å². The fourth-order valence-electron chi connectivity index (χ4n) is 1.63. The molecule has 0 saturated carbocycles. The van der Waals surface area contributed by atoms with Gasteiger partial charge in [-0.15, -0.1) is 0 Å². The van der Waals surface area contributed by atoms with Gasteiger partial charge in [-0.25, -0.2) is 17.6 Å². The molecule has 0 aliphatic carbocycles. The van der Waals surface area contributed by atoms with Gasteiger partial charge in [-0.1, -0.05) is 15.9 Å². The topological polar surface area (TPSA) is 9.23 Å². The summed E-state index contributed by atoms with van der Waals surface area (Å²) >= 11 is 3.08. The standard InChI is InChI=1S/C14H9BrF4O/c15-6-8-3-12(18)14(13(19)4-8)20-7-9-5-10(16)1-2-11(9)17/h1-5H,6-7H2. The Morgan fingerprint density at radius 3 is 2.15 bits per heavy atom. The molecule has 0 aliphatic rings. The maximum absolute atomic E-state index is 13.6. The third-order valence-electron chi connectivity index (χ3n) is 2.59. The van der Waals surface area contributed by atoms with Gasteiger partial charge in [-0.05, 0) is 35.9 Å². The Bertz CT molecular complexity index is 608. The molecule has 0 amide bonds. The van der Waals surface area contributed by atoms with E-state index in [-0.39, 0.29) is 5.56 Å². The average Bonchev–Trinajstić information content (AvgIpc) is 2.41. The largest absolute Gasteiger partial charge is 0.483 e. The fraction of sp³-hybridized carbons (Fsp3) is 0.143. The molecule has 0 aliphatic heterocycles. The summed E-state index contributed by atoms with van der Waals surface area (Å²) in [5.74, 6) is -3.75. The highest BCUT2D eigenvalue weighted by molar-refractivity contribution is 9.08. The van der Waals surface area contributed by atoms with Crippen molar-refractivity contribution in [3.05, 3.63) is 64.7 Å². The molecule has 0 radical (unpaired) electrons. The predicted octanol–water partition coefficient (Wildman–Crippen LogP) is 4.72. The van der Waals surface area contributed by atoms with Gasteiger partial charge in [0.2, 0.25) is 0 Å². The van der Waals surface area contributed by atoms with Gasteiger partial charge >= 0.3 is 0 Å². The van der Waals surface area contributed by atoms with Crippen molar-refractivity contribution >= 4 is 15.9 Å². The first-order valence-corrected chi connectivity index (χ1v) is 6.74. The van der Waals surface area contributed by atoms with Crippen LogP contribution in [0.1, 0.15) is 11.1 Å². The van der Waals surface area contributed by atoms with Gasteiger partial charge < -0.3 is 4.74 Å². The molecule has 0 saturated heterocycles. The summed E-state index contributed by atoms with van der Waals surface area (Å²) in [5, 5.41) is 0.291. The Kier molecular flexibility index (Phi) is 4.65. The van der Waals surface area contributed by atoms with Crippen LogP contribution in [-0.2, 0) is 11.9 Å². The molecule has 2 aromatic rings. The summed E-state index contributed by atoms with van der Waals surface area (Å²) in [5.41, 5.74) is 0.289. The quantitative estimate of drug-likeness (QED) is 0.574. The van der Waals surface area contributed by atoms with Crippen molar-refractivity contribution < 1.29 is 22.3 Å². The molecule has 0 aromatic heterocycles. The average molecular weight is 349 g/mol. The second-order valence-electron chi connectivity index (χ2n) is 4.05. The van der Waals surface area contributed by atoms with E-state index in [0.717, 1.165) is 30.3 Å². The molecule has 6 heteroatoms. The van der Waals surface area contributed by atoms with Crippen LogP contribution >= 0.6 is 15.9 Å². The molecule has 0 atom stereocenters. The maximum Gasteiger partial charge on any atom is 0.191 e. The Morgan fingerprint density at radius 1 is 0.900 bits per heavy atom. The van der Waals surface area contributed by atoms with Crippen LogP contribution < -0.4 is 4.74 Å². The zero-order valence-electron chi connectivity index (χ0n) is 10.1. The van der Waals surface area contributed by atoms with E-state index in [1.54, 1.807) is 0 Å². The van der Waals surface area contributed by atoms with Gasteiger partial charge in [0.05, 0.1) is 0 Å². The van der Waals surface area contributed by atoms with Gasteiger partial charge in [-0.2, -0.15) is 0 Å². The zero-order chi connectivity index (χ0) is 14.7. The van der Waals surface area contributed by atoms with Crippen molar-refractivity contribution in [1.29, 1.82) is 0 Å². The second-order valence-corrected chi connectivity index (χ2v) is 4.61. The summed E-state index contributed by atoms with van der Waals surface area (Å²) in [6, 6.07) is 5.00. The molecule has 0 unspecified atom stereocenters. The minimum Gasteiger partial charge on any atom is -0.483 e. The lowest BCUT2D eigenvalue weighted by Crippen LogP contribution is -2.03. The zero-order valence-corrected chi connectivity index (χ0v) is 11.7. The smallest absolute Gasteiger partial charge is 0.191 e. The number of hydrogen-bond acceptors (Lipinski definition) is 1. The summed E-state index contributed by atoms with van der Waals surface area (Å²) in [6.07, 6.45) is 0. The molecule has 0 bridgehead atoms. The van der Waals surface area contributed by atoms with Crippen LogP contribution in [0.5, 0.6) is 5.75 Å². The van der Waals surface area contributed by atoms with E-state index in [4.69, 9.17) is 4.74 Å². The first-order chi connectivity index (χ1) is 9.51. The molecule has 20 heavy (non-hydrogen) atoms. The third kappa shape index (κ3) is 3.30. The summed E-state index contributed by atoms with van der Waals surface area (Å²) < 4.78 is 58.5. The van der Waals surface area contributed by atoms with Gasteiger partial charge in [0, 0.05) is 10.9 Å². The van der Waals surface area contributed by atoms with Crippen molar-refractivity contribution in [3.8, 4) is 5.75 Å². The maximum atomic E-state index is 13.6. The number of halogens is 5. The van der Waals surface area contributed by atoms with Crippen molar-refractivity contribution in [3.63, 3.8) is 0 Å². The molecule has 2 aromatic carbocycles. The van der Waals surface area contributed by atoms with Crippen molar-refractivity contribution in [2.75, 3.05) is 0 Å². The summed E-state index contributed by atoms with van der Waals surface area (Å²) in [4.78, 5) is 0. The molecular formula is C14H9BrF4O. The van der Waals surface area contributed by atoms with E-state index in [2.05, 4.69) is 15.9 Å². The first-order valence-electron chi connectivity index (χ1n) is 5.62. The highest BCUT2D eigenvalue weighted by Crippen LogP contribution is 2.25. The Morgan fingerprint density at radius 2 is 1.55 bits per heavy atom. The van der Waals surface area contributed by atoms with Crippen LogP contribution in [-0.4, -0.2) is 0 Å². The lowest BCUT2D eigenvalue weighted by Gasteiger charge is -2.10. The highest BCUT2D eigenvalue weighted by Gasteiger charge is 2.14. The van der Waals surface area contributed by atoms with Gasteiger partial charge in [0.1, 0.15) is 18.2 Å². The Hall–Kier alpha value is -1.56. The fourth-order valence-corrected chi connectivity index (χ4v) is 1.96. The van der Waals surface area contributed by atoms with Crippen LogP contribution in [0.15, 0.2) is 30.3 Å². The number of ether oxygens (including phenoxy) is 1. The Labute approximate surface area is 121 Å². The third-order valence-corrected chi connectivity index (χ3v) is 3.24. The highest BCUT2D eigenvalue weighted by atomic mass is 79.9. The van der Waals surface area contributed by atoms with Crippen LogP contribution in [0.2, 0.25) is 0 Å². The van der Waals surface area contributed by atoms with Gasteiger partial charge in [-0.3, -0.25) is 0 Å². The second kappa shape index (κ2) is 6.26. The van der Waals surface area contributed by atoms with E-state index in [0.29, 0.717) is 10.9 Å². The molecule has 0 N–H and O–H groups in total. The molecular weight excluding hydrogens is 340 g/mol. The van der Waals surface area contributed by atoms with E-state index in [1.165, 1.54) is 0 Å². The lowest BCUT2D eigenvalue weighted by molar-refractivity contribution is 0.268. The molecule has 1 nitrogen and oxygen atoms in total. The predicted molar refractivity (Wildman–Crippen MR) is 69.7 cm³/mol. The minimum absolute atomic E-state index is 0.117. The Balaban J connectivity index is 2.21. The molecule has 0 heterocycles. The van der Waals surface area contributed by atoms with E-state index in [9.17, 15) is 17.6 Å². The number of rotatable bonds is 4. The number of alkyl halides is 1. The first kappa shape index (κ1) is 14.8. The molecule has 2 rings (SSSR count). The minimum atomic E-state index is -0.892. The number of benzene rings is 2. The van der Waals surface area contributed by atoms with Crippen molar-refractivity contribution in [2.24, 2.45) is 0 Å². The van der Waals surface area contributed by atoms with E-state index >= 15 is 0 Å². The van der Waals surface area contributed by atoms with Crippen LogP contribution in [0.3, 0.4) is 0 Å². The molecule has 0 spiro atoms. The normalized spacial score (nSPS) is 10.7. The van der Waals surface area contributed by atoms with E-state index < -0.39 is 35.6 Å². The molecule has 0 fully saturated rings. The monoisotopic (exact) mass is 348 g/mol. The summed E-state index contributed by atoms with van der Waals surface area (Å²) in [6.45, 7) is -0.467. The van der Waals surface area contributed by atoms with Crippen LogP contribution in [0, 0.1) is 23.3 Å². The van der Waals surface area contributed by atoms with Gasteiger partial charge in [0.25, 0.3) is 0 Å². The van der Waals surface area contributed by atoms with E-state index in [1.807, 2.05) is 0 Å². The van der Waals surface area contributed by atoms with Crippen molar-refractivity contribution in [1.82, 2.24) is 0 Å². The molecule has 106 valence electrons.